The van der Waals surface area contributed by atoms with E-state index in [1.807, 2.05) is 11.3 Å². The van der Waals surface area contributed by atoms with E-state index >= 15 is 0 Å². The summed E-state index contributed by atoms with van der Waals surface area (Å²) in [5.41, 5.74) is 1.67. The topological polar surface area (TPSA) is 87.9 Å². The molecule has 2 aliphatic heterocycles. The Kier molecular flexibility index (Phi) is 5.78. The number of carbonyl (C=O) groups is 1. The van der Waals surface area contributed by atoms with Gasteiger partial charge in [-0.3, -0.25) is 4.40 Å². The number of hydrogen-bond acceptors (Lipinski definition) is 6. The van der Waals surface area contributed by atoms with Gasteiger partial charge in [0.1, 0.15) is 11.6 Å². The second-order valence-electron chi connectivity index (χ2n) is 8.89. The molecule has 4 heterocycles. The lowest BCUT2D eigenvalue weighted by atomic mass is 9.97. The minimum atomic E-state index is -4.43. The Morgan fingerprint density at radius 1 is 1.11 bits per heavy atom. The van der Waals surface area contributed by atoms with Crippen LogP contribution in [0.15, 0.2) is 18.2 Å². The van der Waals surface area contributed by atoms with Crippen LogP contribution in [-0.4, -0.2) is 61.7 Å². The molecule has 0 saturated carbocycles. The van der Waals surface area contributed by atoms with E-state index < -0.39 is 17.8 Å². The first-order valence-corrected chi connectivity index (χ1v) is 11.4. The van der Waals surface area contributed by atoms with E-state index in [-0.39, 0.29) is 11.6 Å². The average Bonchev–Trinajstić information content (AvgIpc) is 3.42. The number of morpholine rings is 1. The lowest BCUT2D eigenvalue weighted by Gasteiger charge is -2.30. The number of amides is 2. The maximum absolute atomic E-state index is 13.4. The van der Waals surface area contributed by atoms with Crippen molar-refractivity contribution in [1.82, 2.24) is 29.4 Å². The van der Waals surface area contributed by atoms with Gasteiger partial charge in [0.2, 0.25) is 0 Å². The maximum atomic E-state index is 13.4. The van der Waals surface area contributed by atoms with E-state index in [9.17, 15) is 18.0 Å². The Morgan fingerprint density at radius 3 is 2.57 bits per heavy atom. The van der Waals surface area contributed by atoms with Gasteiger partial charge < -0.3 is 19.9 Å². The molecule has 1 saturated heterocycles. The van der Waals surface area contributed by atoms with Crippen LogP contribution in [-0.2, 0) is 24.0 Å². The number of rotatable bonds is 3. The summed E-state index contributed by atoms with van der Waals surface area (Å²) in [4.78, 5) is 21.3. The van der Waals surface area contributed by atoms with Gasteiger partial charge in [0.25, 0.3) is 5.78 Å². The summed E-state index contributed by atoms with van der Waals surface area (Å²) in [7, 11) is 0. The molecule has 9 nitrogen and oxygen atoms in total. The van der Waals surface area contributed by atoms with Gasteiger partial charge in [-0.15, -0.1) is 10.2 Å². The number of aryl methyl sites for hydroxylation is 1. The summed E-state index contributed by atoms with van der Waals surface area (Å²) in [5.74, 6) is 1.51. The van der Waals surface area contributed by atoms with Crippen molar-refractivity contribution in [3.05, 3.63) is 52.0 Å². The van der Waals surface area contributed by atoms with Gasteiger partial charge in [0.05, 0.1) is 43.6 Å². The first-order chi connectivity index (χ1) is 16.6. The molecule has 0 bridgehead atoms. The van der Waals surface area contributed by atoms with Crippen molar-refractivity contribution in [2.45, 2.75) is 46.1 Å². The van der Waals surface area contributed by atoms with Gasteiger partial charge in [-0.2, -0.15) is 18.2 Å². The largest absolute Gasteiger partial charge is 0.416 e. The fourth-order valence-electron chi connectivity index (χ4n) is 4.86. The number of benzene rings is 1. The fraction of sp³-hybridized carbons (Fsp3) is 0.478. The molecule has 1 aromatic carbocycles. The highest BCUT2D eigenvalue weighted by atomic mass is 19.4. The molecule has 186 valence electrons. The van der Waals surface area contributed by atoms with E-state index in [1.54, 1.807) is 22.8 Å². The number of nitrogens with zero attached hydrogens (tertiary/aromatic N) is 6. The predicted molar refractivity (Wildman–Crippen MR) is 121 cm³/mol. The van der Waals surface area contributed by atoms with Crippen LogP contribution in [0.5, 0.6) is 0 Å². The van der Waals surface area contributed by atoms with Gasteiger partial charge in [-0.1, -0.05) is 12.1 Å². The molecule has 35 heavy (non-hydrogen) atoms. The second kappa shape index (κ2) is 8.67. The van der Waals surface area contributed by atoms with E-state index in [4.69, 9.17) is 4.74 Å². The fourth-order valence-corrected chi connectivity index (χ4v) is 4.86. The zero-order chi connectivity index (χ0) is 24.9. The number of hydrogen-bond donors (Lipinski definition) is 1. The normalized spacial score (nSPS) is 17.1. The van der Waals surface area contributed by atoms with Crippen molar-refractivity contribution in [2.75, 3.05) is 31.6 Å². The molecule has 5 rings (SSSR count). The van der Waals surface area contributed by atoms with Crippen molar-refractivity contribution >= 4 is 17.6 Å². The van der Waals surface area contributed by atoms with E-state index in [1.165, 1.54) is 13.0 Å². The Labute approximate surface area is 199 Å². The third-order valence-corrected chi connectivity index (χ3v) is 6.67. The molecular formula is C23H26F3N7O2. The predicted octanol–water partition coefficient (Wildman–Crippen LogP) is 3.70. The lowest BCUT2D eigenvalue weighted by Crippen LogP contribution is -2.46. The first kappa shape index (κ1) is 23.3. The Bertz CT molecular complexity index is 1280. The van der Waals surface area contributed by atoms with Crippen molar-refractivity contribution in [3.63, 3.8) is 0 Å². The molecule has 0 unspecified atom stereocenters. The summed E-state index contributed by atoms with van der Waals surface area (Å²) in [6.07, 6.45) is -4.43. The number of carbonyl (C=O) groups excluding carboxylic acids is 1. The van der Waals surface area contributed by atoms with Gasteiger partial charge in [0, 0.05) is 18.7 Å². The Morgan fingerprint density at radius 2 is 1.86 bits per heavy atom. The monoisotopic (exact) mass is 489 g/mol. The van der Waals surface area contributed by atoms with Gasteiger partial charge in [-0.25, -0.2) is 4.79 Å². The zero-order valence-corrected chi connectivity index (χ0v) is 19.7. The standard InChI is InChI=1S/C23H26F3N7O2/c1-13-16(5-4-6-18(13)23(24,25)26)14(2)27-20-17-11-32(22(34)31-7-9-35-10-8-31)12-19(17)33-15(3)29-30-21(33)28-20/h4-6,14H,7-12H2,1-3H3,(H,27,28,30)/t14-/m1/s1. The van der Waals surface area contributed by atoms with E-state index in [0.29, 0.717) is 62.4 Å². The molecule has 0 radical (unpaired) electrons. The SMILES string of the molecule is Cc1c([C@@H](C)Nc2nc3nnc(C)n3c3c2CN(C(=O)N2CCOCC2)C3)cccc1C(F)(F)F. The van der Waals surface area contributed by atoms with Crippen LogP contribution in [0, 0.1) is 13.8 Å². The highest BCUT2D eigenvalue weighted by Gasteiger charge is 2.35. The Hall–Kier alpha value is -3.41. The van der Waals surface area contributed by atoms with Crippen LogP contribution in [0.4, 0.5) is 23.8 Å². The number of urea groups is 1. The average molecular weight is 490 g/mol. The second-order valence-corrected chi connectivity index (χ2v) is 8.89. The number of anilines is 1. The highest BCUT2D eigenvalue weighted by Crippen LogP contribution is 2.36. The number of halogens is 3. The lowest BCUT2D eigenvalue weighted by molar-refractivity contribution is -0.138. The highest BCUT2D eigenvalue weighted by molar-refractivity contribution is 5.76. The summed E-state index contributed by atoms with van der Waals surface area (Å²) >= 11 is 0. The zero-order valence-electron chi connectivity index (χ0n) is 19.7. The molecule has 0 aliphatic carbocycles. The van der Waals surface area contributed by atoms with Gasteiger partial charge in [-0.05, 0) is 38.0 Å². The molecule has 1 fully saturated rings. The minimum absolute atomic E-state index is 0.0869. The van der Waals surface area contributed by atoms with Crippen LogP contribution < -0.4 is 5.32 Å². The van der Waals surface area contributed by atoms with Crippen LogP contribution in [0.25, 0.3) is 5.78 Å². The minimum Gasteiger partial charge on any atom is -0.378 e. The molecule has 1 N–H and O–H groups in total. The molecule has 1 atom stereocenters. The van der Waals surface area contributed by atoms with Crippen LogP contribution >= 0.6 is 0 Å². The summed E-state index contributed by atoms with van der Waals surface area (Å²) < 4.78 is 47.5. The van der Waals surface area contributed by atoms with E-state index in [0.717, 1.165) is 17.3 Å². The van der Waals surface area contributed by atoms with E-state index in [2.05, 4.69) is 20.5 Å². The van der Waals surface area contributed by atoms with Gasteiger partial charge in [0.15, 0.2) is 0 Å². The molecule has 2 amide bonds. The maximum Gasteiger partial charge on any atom is 0.416 e. The molecule has 12 heteroatoms. The number of aromatic nitrogens is 4. The molecule has 3 aromatic rings. The number of fused-ring (bicyclic) bond motifs is 3. The first-order valence-electron chi connectivity index (χ1n) is 11.4. The number of ether oxygens (including phenoxy) is 1. The number of nitrogens with one attached hydrogen (secondary N) is 1. The summed E-state index contributed by atoms with van der Waals surface area (Å²) in [6.45, 7) is 7.83. The molecular weight excluding hydrogens is 463 g/mol. The van der Waals surface area contributed by atoms with Crippen LogP contribution in [0.1, 0.15) is 46.7 Å². The van der Waals surface area contributed by atoms with Crippen molar-refractivity contribution in [1.29, 1.82) is 0 Å². The Balaban J connectivity index is 1.49. The molecule has 0 spiro atoms. The third kappa shape index (κ3) is 4.15. The van der Waals surface area contributed by atoms with Crippen LogP contribution in [0.2, 0.25) is 0 Å². The third-order valence-electron chi connectivity index (χ3n) is 6.67. The summed E-state index contributed by atoms with van der Waals surface area (Å²) in [6, 6.07) is 3.62. The smallest absolute Gasteiger partial charge is 0.378 e. The van der Waals surface area contributed by atoms with Gasteiger partial charge >= 0.3 is 12.2 Å². The summed E-state index contributed by atoms with van der Waals surface area (Å²) in [5, 5.41) is 11.6. The van der Waals surface area contributed by atoms with Crippen LogP contribution in [0.3, 0.4) is 0 Å². The molecule has 2 aromatic heterocycles. The van der Waals surface area contributed by atoms with Crippen molar-refractivity contribution in [2.24, 2.45) is 0 Å². The van der Waals surface area contributed by atoms with Crippen molar-refractivity contribution < 1.29 is 22.7 Å². The quantitative estimate of drug-likeness (QED) is 0.604. The van der Waals surface area contributed by atoms with Crippen molar-refractivity contribution in [3.8, 4) is 0 Å². The molecule has 2 aliphatic rings. The number of alkyl halides is 3.